The topological polar surface area (TPSA) is 62.5 Å². The highest BCUT2D eigenvalue weighted by Gasteiger charge is 2.33. The SMILES string of the molecule is CN(Cc1noc(C2CC2)n1)[C@@H]1CCN(C(=O)c2sc3cc(F)ccc3c2Cl)C1. The number of halogens is 2. The summed E-state index contributed by atoms with van der Waals surface area (Å²) in [5, 5.41) is 5.21. The lowest BCUT2D eigenvalue weighted by Gasteiger charge is -2.23. The van der Waals surface area contributed by atoms with Crippen molar-refractivity contribution in [3.8, 4) is 0 Å². The van der Waals surface area contributed by atoms with Gasteiger partial charge in [0.15, 0.2) is 5.82 Å². The standard InChI is InChI=1S/C20H20ClFN4O2S/c1-25(10-16-23-19(28-24-16)11-2-3-11)13-6-7-26(9-13)20(27)18-17(21)14-5-4-12(22)8-15(14)29-18/h4-5,8,11,13H,2-3,6-7,9-10H2,1H3/t13-/m1/s1. The molecule has 2 aromatic heterocycles. The zero-order valence-electron chi connectivity index (χ0n) is 15.9. The quantitative estimate of drug-likeness (QED) is 0.599. The predicted molar refractivity (Wildman–Crippen MR) is 109 cm³/mol. The van der Waals surface area contributed by atoms with Crippen molar-refractivity contribution >= 4 is 38.9 Å². The molecular weight excluding hydrogens is 415 g/mol. The van der Waals surface area contributed by atoms with E-state index < -0.39 is 0 Å². The van der Waals surface area contributed by atoms with Crippen molar-refractivity contribution in [3.05, 3.63) is 45.6 Å². The van der Waals surface area contributed by atoms with E-state index in [4.69, 9.17) is 16.1 Å². The van der Waals surface area contributed by atoms with Gasteiger partial charge in [0.1, 0.15) is 10.7 Å². The molecule has 6 nitrogen and oxygen atoms in total. The molecule has 1 saturated carbocycles. The number of fused-ring (bicyclic) bond motifs is 1. The van der Waals surface area contributed by atoms with Gasteiger partial charge >= 0.3 is 0 Å². The maximum absolute atomic E-state index is 13.5. The minimum absolute atomic E-state index is 0.0944. The van der Waals surface area contributed by atoms with Gasteiger partial charge in [-0.3, -0.25) is 9.69 Å². The fourth-order valence-electron chi connectivity index (χ4n) is 3.79. The average molecular weight is 435 g/mol. The number of benzene rings is 1. The van der Waals surface area contributed by atoms with E-state index in [1.165, 1.54) is 23.5 Å². The molecule has 2 aliphatic rings. The van der Waals surface area contributed by atoms with Gasteiger partial charge in [0.2, 0.25) is 5.89 Å². The average Bonchev–Trinajstić information content (AvgIpc) is 3.12. The molecule has 3 aromatic rings. The highest BCUT2D eigenvalue weighted by Crippen LogP contribution is 2.39. The second-order valence-electron chi connectivity index (χ2n) is 7.82. The van der Waals surface area contributed by atoms with Crippen molar-refractivity contribution in [1.29, 1.82) is 0 Å². The van der Waals surface area contributed by atoms with Gasteiger partial charge in [0, 0.05) is 35.1 Å². The maximum Gasteiger partial charge on any atom is 0.265 e. The summed E-state index contributed by atoms with van der Waals surface area (Å²) < 4.78 is 19.5. The third kappa shape index (κ3) is 3.65. The van der Waals surface area contributed by atoms with Crippen LogP contribution in [-0.4, -0.2) is 52.0 Å². The normalized spacial score (nSPS) is 19.6. The molecule has 9 heteroatoms. The third-order valence-electron chi connectivity index (χ3n) is 5.66. The molecule has 0 N–H and O–H groups in total. The summed E-state index contributed by atoms with van der Waals surface area (Å²) in [5.74, 6) is 1.45. The van der Waals surface area contributed by atoms with Crippen molar-refractivity contribution < 1.29 is 13.7 Å². The van der Waals surface area contributed by atoms with E-state index in [9.17, 15) is 9.18 Å². The van der Waals surface area contributed by atoms with Crippen LogP contribution >= 0.6 is 22.9 Å². The molecule has 1 aromatic carbocycles. The number of aromatic nitrogens is 2. The van der Waals surface area contributed by atoms with Gasteiger partial charge in [-0.15, -0.1) is 11.3 Å². The Labute approximate surface area is 176 Å². The molecule has 0 bridgehead atoms. The smallest absolute Gasteiger partial charge is 0.265 e. The monoisotopic (exact) mass is 434 g/mol. The highest BCUT2D eigenvalue weighted by atomic mass is 35.5. The molecule has 5 rings (SSSR count). The number of carbonyl (C=O) groups excluding carboxylic acids is 1. The number of carbonyl (C=O) groups is 1. The van der Waals surface area contributed by atoms with Gasteiger partial charge in [-0.05, 0) is 44.5 Å². The zero-order chi connectivity index (χ0) is 20.1. The van der Waals surface area contributed by atoms with E-state index >= 15 is 0 Å². The van der Waals surface area contributed by atoms with E-state index in [1.807, 2.05) is 11.9 Å². The molecule has 2 fully saturated rings. The van der Waals surface area contributed by atoms with Crippen LogP contribution in [0.15, 0.2) is 22.7 Å². The second kappa shape index (κ2) is 7.34. The first-order valence-corrected chi connectivity index (χ1v) is 10.9. The van der Waals surface area contributed by atoms with Gasteiger partial charge in [-0.25, -0.2) is 4.39 Å². The lowest BCUT2D eigenvalue weighted by atomic mass is 10.2. The number of amides is 1. The van der Waals surface area contributed by atoms with Crippen LogP contribution in [0.3, 0.4) is 0 Å². The summed E-state index contributed by atoms with van der Waals surface area (Å²) >= 11 is 7.67. The number of hydrogen-bond donors (Lipinski definition) is 0. The summed E-state index contributed by atoms with van der Waals surface area (Å²) in [6, 6.07) is 4.63. The molecule has 3 heterocycles. The third-order valence-corrected chi connectivity index (χ3v) is 7.31. The Bertz CT molecular complexity index is 1080. The first kappa shape index (κ1) is 19.0. The van der Waals surface area contributed by atoms with Crippen LogP contribution in [0.25, 0.3) is 10.1 Å². The Morgan fingerprint density at radius 3 is 3.03 bits per heavy atom. The molecule has 1 aliphatic heterocycles. The van der Waals surface area contributed by atoms with Gasteiger partial charge in [-0.1, -0.05) is 16.8 Å². The molecule has 29 heavy (non-hydrogen) atoms. The summed E-state index contributed by atoms with van der Waals surface area (Å²) in [7, 11) is 2.01. The van der Waals surface area contributed by atoms with Crippen LogP contribution in [0.5, 0.6) is 0 Å². The Balaban J connectivity index is 1.26. The lowest BCUT2D eigenvalue weighted by Crippen LogP contribution is -2.36. The minimum Gasteiger partial charge on any atom is -0.339 e. The number of nitrogens with zero attached hydrogens (tertiary/aromatic N) is 4. The molecule has 152 valence electrons. The molecule has 1 aliphatic carbocycles. The molecule has 0 spiro atoms. The number of likely N-dealkylation sites (tertiary alicyclic amines) is 1. The van der Waals surface area contributed by atoms with Gasteiger partial charge in [-0.2, -0.15) is 4.98 Å². The minimum atomic E-state index is -0.330. The number of likely N-dealkylation sites (N-methyl/N-ethyl adjacent to an activating group) is 1. The Morgan fingerprint density at radius 1 is 1.41 bits per heavy atom. The predicted octanol–water partition coefficient (Wildman–Crippen LogP) is 4.30. The Hall–Kier alpha value is -2.03. The summed E-state index contributed by atoms with van der Waals surface area (Å²) in [6.07, 6.45) is 3.13. The van der Waals surface area contributed by atoms with Crippen LogP contribution in [0.2, 0.25) is 5.02 Å². The van der Waals surface area contributed by atoms with Gasteiger partial charge in [0.25, 0.3) is 5.91 Å². The second-order valence-corrected chi connectivity index (χ2v) is 9.25. The number of thiophene rings is 1. The van der Waals surface area contributed by atoms with E-state index in [0.29, 0.717) is 46.0 Å². The summed E-state index contributed by atoms with van der Waals surface area (Å²) in [6.45, 7) is 1.86. The van der Waals surface area contributed by atoms with Crippen molar-refractivity contribution in [2.24, 2.45) is 0 Å². The molecule has 1 saturated heterocycles. The number of rotatable bonds is 5. The van der Waals surface area contributed by atoms with E-state index in [2.05, 4.69) is 15.0 Å². The first-order chi connectivity index (χ1) is 14.0. The lowest BCUT2D eigenvalue weighted by molar-refractivity contribution is 0.0784. The van der Waals surface area contributed by atoms with Crippen molar-refractivity contribution in [2.45, 2.75) is 37.8 Å². The Kier molecular flexibility index (Phi) is 4.80. The van der Waals surface area contributed by atoms with Crippen LogP contribution in [0.4, 0.5) is 4.39 Å². The van der Waals surface area contributed by atoms with Crippen molar-refractivity contribution in [3.63, 3.8) is 0 Å². The number of hydrogen-bond acceptors (Lipinski definition) is 6. The molecule has 0 unspecified atom stereocenters. The van der Waals surface area contributed by atoms with E-state index in [0.717, 1.165) is 30.5 Å². The van der Waals surface area contributed by atoms with Crippen LogP contribution in [-0.2, 0) is 6.54 Å². The molecule has 1 atom stereocenters. The van der Waals surface area contributed by atoms with E-state index in [1.54, 1.807) is 6.07 Å². The zero-order valence-corrected chi connectivity index (χ0v) is 17.5. The van der Waals surface area contributed by atoms with Crippen molar-refractivity contribution in [1.82, 2.24) is 19.9 Å². The maximum atomic E-state index is 13.5. The summed E-state index contributed by atoms with van der Waals surface area (Å²) in [5.41, 5.74) is 0. The largest absolute Gasteiger partial charge is 0.339 e. The van der Waals surface area contributed by atoms with Crippen LogP contribution in [0.1, 0.15) is 46.6 Å². The molecule has 1 amide bonds. The van der Waals surface area contributed by atoms with Gasteiger partial charge < -0.3 is 9.42 Å². The Morgan fingerprint density at radius 2 is 2.24 bits per heavy atom. The summed E-state index contributed by atoms with van der Waals surface area (Å²) in [4.78, 5) is 22.0. The first-order valence-electron chi connectivity index (χ1n) is 9.69. The van der Waals surface area contributed by atoms with Crippen molar-refractivity contribution in [2.75, 3.05) is 20.1 Å². The highest BCUT2D eigenvalue weighted by molar-refractivity contribution is 7.21. The molecule has 0 radical (unpaired) electrons. The van der Waals surface area contributed by atoms with Crippen LogP contribution < -0.4 is 0 Å². The fraction of sp³-hybridized carbons (Fsp3) is 0.450. The van der Waals surface area contributed by atoms with Crippen LogP contribution in [0, 0.1) is 5.82 Å². The van der Waals surface area contributed by atoms with Gasteiger partial charge in [0.05, 0.1) is 11.6 Å². The van der Waals surface area contributed by atoms with E-state index in [-0.39, 0.29) is 17.8 Å². The molecular formula is C20H20ClFN4O2S. The fourth-order valence-corrected chi connectivity index (χ4v) is 5.29.